The number of nitrogens with one attached hydrogen (secondary N) is 2. The zero-order valence-corrected chi connectivity index (χ0v) is 17.7. The molecule has 3 rings (SSSR count). The van der Waals surface area contributed by atoms with Crippen molar-refractivity contribution in [2.75, 3.05) is 23.3 Å². The van der Waals surface area contributed by atoms with Gasteiger partial charge < -0.3 is 15.5 Å². The first-order valence-corrected chi connectivity index (χ1v) is 10.9. The minimum Gasteiger partial charge on any atom is -0.371 e. The smallest absolute Gasteiger partial charge is 0.262 e. The number of rotatable bonds is 7. The molecule has 1 aromatic heterocycles. The van der Waals surface area contributed by atoms with Crippen LogP contribution in [0.15, 0.2) is 40.2 Å². The number of benzene rings is 1. The Morgan fingerprint density at radius 1 is 1.22 bits per heavy atom. The number of hydrogen-bond acceptors (Lipinski definition) is 4. The quantitative estimate of drug-likeness (QED) is 0.646. The Morgan fingerprint density at radius 3 is 2.67 bits per heavy atom. The Morgan fingerprint density at radius 2 is 2.00 bits per heavy atom. The molecule has 144 valence electrons. The van der Waals surface area contributed by atoms with Gasteiger partial charge in [-0.05, 0) is 65.5 Å². The highest BCUT2D eigenvalue weighted by atomic mass is 79.9. The molecule has 1 aliphatic heterocycles. The fourth-order valence-electron chi connectivity index (χ4n) is 3.21. The standard InChI is InChI=1S/C20H24BrN3O2S/c1-2-6-16(23-20(26)17-9-10-18(21)27-17)19(25)22-14-7-5-8-15(13-14)24-11-3-4-12-24/h5,7-10,13,16H,2-4,6,11-12H2,1H3,(H,22,25)(H,23,26). The third-order valence-electron chi connectivity index (χ3n) is 4.58. The van der Waals surface area contributed by atoms with Crippen molar-refractivity contribution >= 4 is 50.5 Å². The zero-order chi connectivity index (χ0) is 19.2. The van der Waals surface area contributed by atoms with Gasteiger partial charge in [-0.25, -0.2) is 0 Å². The van der Waals surface area contributed by atoms with Crippen molar-refractivity contribution in [2.24, 2.45) is 0 Å². The molecule has 0 bridgehead atoms. The molecule has 2 amide bonds. The average Bonchev–Trinajstić information content (AvgIpc) is 3.33. The van der Waals surface area contributed by atoms with Crippen molar-refractivity contribution in [1.29, 1.82) is 0 Å². The van der Waals surface area contributed by atoms with Crippen molar-refractivity contribution < 1.29 is 9.59 Å². The summed E-state index contributed by atoms with van der Waals surface area (Å²) in [7, 11) is 0. The van der Waals surface area contributed by atoms with Crippen LogP contribution < -0.4 is 15.5 Å². The lowest BCUT2D eigenvalue weighted by Gasteiger charge is -2.20. The van der Waals surface area contributed by atoms with E-state index in [0.29, 0.717) is 11.3 Å². The Bertz CT molecular complexity index is 802. The second-order valence-electron chi connectivity index (χ2n) is 6.65. The van der Waals surface area contributed by atoms with Crippen LogP contribution in [0.4, 0.5) is 11.4 Å². The van der Waals surface area contributed by atoms with Crippen LogP contribution in [0.2, 0.25) is 0 Å². The van der Waals surface area contributed by atoms with Gasteiger partial charge in [0.2, 0.25) is 5.91 Å². The number of hydrogen-bond donors (Lipinski definition) is 2. The average molecular weight is 450 g/mol. The van der Waals surface area contributed by atoms with Crippen LogP contribution in [0.3, 0.4) is 0 Å². The zero-order valence-electron chi connectivity index (χ0n) is 15.3. The van der Waals surface area contributed by atoms with Gasteiger partial charge in [-0.2, -0.15) is 0 Å². The van der Waals surface area contributed by atoms with E-state index in [0.717, 1.165) is 34.7 Å². The van der Waals surface area contributed by atoms with E-state index in [-0.39, 0.29) is 11.8 Å². The van der Waals surface area contributed by atoms with Crippen LogP contribution in [0.5, 0.6) is 0 Å². The molecule has 1 atom stereocenters. The number of anilines is 2. The summed E-state index contributed by atoms with van der Waals surface area (Å²) in [5.74, 6) is -0.399. The highest BCUT2D eigenvalue weighted by Gasteiger charge is 2.22. The van der Waals surface area contributed by atoms with Gasteiger partial charge in [0.25, 0.3) is 5.91 Å². The SMILES string of the molecule is CCCC(NC(=O)c1ccc(Br)s1)C(=O)Nc1cccc(N2CCCC2)c1. The topological polar surface area (TPSA) is 61.4 Å². The third kappa shape index (κ3) is 5.32. The van der Waals surface area contributed by atoms with E-state index < -0.39 is 6.04 Å². The van der Waals surface area contributed by atoms with Crippen LogP contribution >= 0.6 is 27.3 Å². The number of carbonyl (C=O) groups excluding carboxylic acids is 2. The van der Waals surface area contributed by atoms with Crippen LogP contribution in [0.1, 0.15) is 42.3 Å². The van der Waals surface area contributed by atoms with Crippen LogP contribution in [-0.2, 0) is 4.79 Å². The predicted octanol–water partition coefficient (Wildman–Crippen LogP) is 4.65. The van der Waals surface area contributed by atoms with Gasteiger partial charge in [0.1, 0.15) is 6.04 Å². The van der Waals surface area contributed by atoms with Crippen LogP contribution in [0.25, 0.3) is 0 Å². The molecule has 1 fully saturated rings. The summed E-state index contributed by atoms with van der Waals surface area (Å²) in [5.41, 5.74) is 1.89. The highest BCUT2D eigenvalue weighted by molar-refractivity contribution is 9.11. The summed E-state index contributed by atoms with van der Waals surface area (Å²) in [6.45, 7) is 4.12. The van der Waals surface area contributed by atoms with Gasteiger partial charge in [-0.3, -0.25) is 9.59 Å². The molecule has 1 aromatic carbocycles. The fourth-order valence-corrected chi connectivity index (χ4v) is 4.50. The number of thiophene rings is 1. The Balaban J connectivity index is 1.66. The number of carbonyl (C=O) groups is 2. The molecule has 0 radical (unpaired) electrons. The summed E-state index contributed by atoms with van der Waals surface area (Å²) in [4.78, 5) is 28.1. The Labute approximate surface area is 172 Å². The normalized spacial score (nSPS) is 14.8. The minimum absolute atomic E-state index is 0.181. The predicted molar refractivity (Wildman–Crippen MR) is 115 cm³/mol. The molecule has 0 saturated carbocycles. The molecule has 1 unspecified atom stereocenters. The lowest BCUT2D eigenvalue weighted by atomic mass is 10.1. The Hall–Kier alpha value is -1.86. The van der Waals surface area contributed by atoms with Crippen molar-refractivity contribution in [1.82, 2.24) is 5.32 Å². The van der Waals surface area contributed by atoms with Gasteiger partial charge in [-0.15, -0.1) is 11.3 Å². The third-order valence-corrected chi connectivity index (χ3v) is 6.20. The lowest BCUT2D eigenvalue weighted by Crippen LogP contribution is -2.43. The van der Waals surface area contributed by atoms with Crippen molar-refractivity contribution in [3.8, 4) is 0 Å². The van der Waals surface area contributed by atoms with Crippen LogP contribution in [0, 0.1) is 0 Å². The highest BCUT2D eigenvalue weighted by Crippen LogP contribution is 2.24. The Kier molecular flexibility index (Phi) is 6.90. The van der Waals surface area contributed by atoms with E-state index in [9.17, 15) is 9.59 Å². The van der Waals surface area contributed by atoms with Crippen molar-refractivity contribution in [2.45, 2.75) is 38.6 Å². The molecule has 0 aliphatic carbocycles. The molecular weight excluding hydrogens is 426 g/mol. The van der Waals surface area contributed by atoms with Gasteiger partial charge in [0.15, 0.2) is 0 Å². The maximum Gasteiger partial charge on any atom is 0.262 e. The summed E-state index contributed by atoms with van der Waals surface area (Å²) in [6, 6.07) is 11.0. The van der Waals surface area contributed by atoms with E-state index in [1.165, 1.54) is 24.2 Å². The number of halogens is 1. The van der Waals surface area contributed by atoms with Gasteiger partial charge in [0.05, 0.1) is 8.66 Å². The van der Waals surface area contributed by atoms with Crippen molar-refractivity contribution in [3.63, 3.8) is 0 Å². The second kappa shape index (κ2) is 9.37. The second-order valence-corrected chi connectivity index (χ2v) is 9.12. The summed E-state index contributed by atoms with van der Waals surface area (Å²) < 4.78 is 0.892. The fraction of sp³-hybridized carbons (Fsp3) is 0.400. The van der Waals surface area contributed by atoms with E-state index in [2.05, 4.69) is 37.5 Å². The van der Waals surface area contributed by atoms with Crippen LogP contribution in [-0.4, -0.2) is 30.9 Å². The monoisotopic (exact) mass is 449 g/mol. The first-order chi connectivity index (χ1) is 13.1. The molecule has 0 spiro atoms. The largest absolute Gasteiger partial charge is 0.371 e. The molecule has 1 aliphatic rings. The molecule has 2 aromatic rings. The molecule has 27 heavy (non-hydrogen) atoms. The molecule has 7 heteroatoms. The van der Waals surface area contributed by atoms with Gasteiger partial charge >= 0.3 is 0 Å². The first kappa shape index (κ1) is 19.9. The maximum atomic E-state index is 12.8. The molecule has 5 nitrogen and oxygen atoms in total. The van der Waals surface area contributed by atoms with E-state index in [1.54, 1.807) is 6.07 Å². The van der Waals surface area contributed by atoms with Crippen molar-refractivity contribution in [3.05, 3.63) is 45.1 Å². The number of nitrogens with zero attached hydrogens (tertiary/aromatic N) is 1. The lowest BCUT2D eigenvalue weighted by molar-refractivity contribution is -0.118. The maximum absolute atomic E-state index is 12.8. The number of amides is 2. The summed E-state index contributed by atoms with van der Waals surface area (Å²) >= 11 is 4.72. The molecule has 2 heterocycles. The molecule has 1 saturated heterocycles. The van der Waals surface area contributed by atoms with E-state index in [4.69, 9.17) is 0 Å². The van der Waals surface area contributed by atoms with E-state index >= 15 is 0 Å². The molecular formula is C20H24BrN3O2S. The first-order valence-electron chi connectivity index (χ1n) is 9.29. The molecule has 2 N–H and O–H groups in total. The van der Waals surface area contributed by atoms with E-state index in [1.807, 2.05) is 31.2 Å². The minimum atomic E-state index is -0.557. The van der Waals surface area contributed by atoms with Gasteiger partial charge in [0, 0.05) is 24.5 Å². The van der Waals surface area contributed by atoms with Gasteiger partial charge in [-0.1, -0.05) is 19.4 Å². The summed E-state index contributed by atoms with van der Waals surface area (Å²) in [5, 5.41) is 5.83. The summed E-state index contributed by atoms with van der Waals surface area (Å²) in [6.07, 6.45) is 3.82.